The van der Waals surface area contributed by atoms with Crippen molar-refractivity contribution in [1.29, 1.82) is 0 Å². The van der Waals surface area contributed by atoms with Gasteiger partial charge in [-0.05, 0) is 52.9 Å². The summed E-state index contributed by atoms with van der Waals surface area (Å²) in [6, 6.07) is 2.92. The Bertz CT molecular complexity index is 668. The van der Waals surface area contributed by atoms with Gasteiger partial charge in [0, 0.05) is 10.5 Å². The van der Waals surface area contributed by atoms with E-state index in [9.17, 15) is 18.8 Å². The van der Waals surface area contributed by atoms with Crippen LogP contribution in [0.1, 0.15) is 43.0 Å². The molecule has 2 N–H and O–H groups in total. The Morgan fingerprint density at radius 1 is 1.28 bits per heavy atom. The van der Waals surface area contributed by atoms with Gasteiger partial charge in [-0.3, -0.25) is 10.1 Å². The Balaban J connectivity index is 1.77. The minimum Gasteiger partial charge on any atom is -0.452 e. The number of hydrogen-bond donors (Lipinski definition) is 2. The number of hydrogen-bond acceptors (Lipinski definition) is 4. The molecule has 2 atom stereocenters. The van der Waals surface area contributed by atoms with Crippen LogP contribution in [0.3, 0.4) is 0 Å². The fraction of sp³-hybridized carbons (Fsp3) is 0.471. The molecular formula is C17H20BrFN2O4. The van der Waals surface area contributed by atoms with E-state index in [2.05, 4.69) is 33.5 Å². The van der Waals surface area contributed by atoms with Gasteiger partial charge >= 0.3 is 12.0 Å². The molecule has 2 unspecified atom stereocenters. The lowest BCUT2D eigenvalue weighted by atomic mass is 9.86. The van der Waals surface area contributed by atoms with Gasteiger partial charge in [-0.2, -0.15) is 0 Å². The number of amides is 3. The van der Waals surface area contributed by atoms with Crippen molar-refractivity contribution < 1.29 is 23.5 Å². The molecule has 1 aromatic rings. The van der Waals surface area contributed by atoms with Crippen molar-refractivity contribution in [2.24, 2.45) is 5.92 Å². The Kier molecular flexibility index (Phi) is 6.92. The second-order valence-corrected chi connectivity index (χ2v) is 6.94. The maximum atomic E-state index is 13.0. The first kappa shape index (κ1) is 19.4. The molecule has 136 valence electrons. The molecule has 1 aliphatic carbocycles. The zero-order chi connectivity index (χ0) is 18.4. The van der Waals surface area contributed by atoms with Gasteiger partial charge in [0.05, 0.1) is 5.56 Å². The fourth-order valence-corrected chi connectivity index (χ4v) is 3.27. The zero-order valence-electron chi connectivity index (χ0n) is 13.8. The van der Waals surface area contributed by atoms with Gasteiger partial charge in [0.1, 0.15) is 5.82 Å². The molecule has 1 aromatic carbocycles. The van der Waals surface area contributed by atoms with Crippen LogP contribution in [0.5, 0.6) is 0 Å². The van der Waals surface area contributed by atoms with Crippen molar-refractivity contribution >= 4 is 33.8 Å². The monoisotopic (exact) mass is 414 g/mol. The van der Waals surface area contributed by atoms with Crippen LogP contribution in [0.2, 0.25) is 0 Å². The maximum Gasteiger partial charge on any atom is 0.339 e. The first-order valence-electron chi connectivity index (χ1n) is 8.09. The summed E-state index contributed by atoms with van der Waals surface area (Å²) >= 11 is 3.05. The first-order chi connectivity index (χ1) is 11.9. The predicted molar refractivity (Wildman–Crippen MR) is 92.5 cm³/mol. The van der Waals surface area contributed by atoms with Gasteiger partial charge in [-0.25, -0.2) is 14.0 Å². The number of carbonyl (C=O) groups is 3. The van der Waals surface area contributed by atoms with E-state index >= 15 is 0 Å². The summed E-state index contributed by atoms with van der Waals surface area (Å²) in [5.41, 5.74) is 0.0923. The van der Waals surface area contributed by atoms with Crippen LogP contribution in [0.15, 0.2) is 22.7 Å². The molecule has 25 heavy (non-hydrogen) atoms. The van der Waals surface area contributed by atoms with E-state index < -0.39 is 30.3 Å². The topological polar surface area (TPSA) is 84.5 Å². The highest BCUT2D eigenvalue weighted by atomic mass is 79.9. The minimum absolute atomic E-state index is 0.0410. The number of ether oxygens (including phenoxy) is 1. The largest absolute Gasteiger partial charge is 0.452 e. The van der Waals surface area contributed by atoms with Crippen LogP contribution < -0.4 is 10.6 Å². The van der Waals surface area contributed by atoms with Crippen molar-refractivity contribution in [3.05, 3.63) is 34.1 Å². The van der Waals surface area contributed by atoms with Crippen LogP contribution in [-0.2, 0) is 9.53 Å². The highest BCUT2D eigenvalue weighted by Crippen LogP contribution is 2.23. The molecule has 8 heteroatoms. The smallest absolute Gasteiger partial charge is 0.339 e. The number of urea groups is 1. The van der Waals surface area contributed by atoms with Crippen LogP contribution in [0.25, 0.3) is 0 Å². The molecular weight excluding hydrogens is 395 g/mol. The minimum atomic E-state index is -0.789. The van der Waals surface area contributed by atoms with E-state index in [1.807, 2.05) is 0 Å². The molecule has 0 heterocycles. The van der Waals surface area contributed by atoms with E-state index in [0.29, 0.717) is 5.92 Å². The third-order valence-electron chi connectivity index (χ3n) is 4.17. The van der Waals surface area contributed by atoms with Gasteiger partial charge in [-0.1, -0.05) is 19.8 Å². The summed E-state index contributed by atoms with van der Waals surface area (Å²) in [6.07, 6.45) is 4.13. The van der Waals surface area contributed by atoms with Crippen LogP contribution in [0, 0.1) is 11.7 Å². The fourth-order valence-electron chi connectivity index (χ4n) is 2.76. The molecule has 3 amide bonds. The SMILES string of the molecule is CC1CCCCC1NC(=O)NC(=O)COC(=O)c1ccc(F)cc1Br. The van der Waals surface area contributed by atoms with Gasteiger partial charge in [0.15, 0.2) is 6.61 Å². The molecule has 0 spiro atoms. The lowest BCUT2D eigenvalue weighted by Crippen LogP contribution is -2.48. The number of imide groups is 1. The second kappa shape index (κ2) is 8.94. The summed E-state index contributed by atoms with van der Waals surface area (Å²) in [5, 5.41) is 4.91. The first-order valence-corrected chi connectivity index (χ1v) is 8.88. The highest BCUT2D eigenvalue weighted by Gasteiger charge is 2.23. The van der Waals surface area contributed by atoms with E-state index in [1.165, 1.54) is 6.07 Å². The van der Waals surface area contributed by atoms with E-state index in [0.717, 1.165) is 37.8 Å². The lowest BCUT2D eigenvalue weighted by Gasteiger charge is -2.29. The molecule has 1 saturated carbocycles. The summed E-state index contributed by atoms with van der Waals surface area (Å²) in [7, 11) is 0. The molecule has 0 aliphatic heterocycles. The highest BCUT2D eigenvalue weighted by molar-refractivity contribution is 9.10. The number of nitrogens with one attached hydrogen (secondary N) is 2. The van der Waals surface area contributed by atoms with Crippen molar-refractivity contribution in [1.82, 2.24) is 10.6 Å². The Hall–Kier alpha value is -1.96. The van der Waals surface area contributed by atoms with Gasteiger partial charge in [-0.15, -0.1) is 0 Å². The molecule has 1 aliphatic rings. The summed E-state index contributed by atoms with van der Waals surface area (Å²) in [6.45, 7) is 1.46. The van der Waals surface area contributed by atoms with Gasteiger partial charge in [0.2, 0.25) is 0 Å². The molecule has 6 nitrogen and oxygen atoms in total. The predicted octanol–water partition coefficient (Wildman–Crippen LogP) is 3.15. The molecule has 0 radical (unpaired) electrons. The summed E-state index contributed by atoms with van der Waals surface area (Å²) in [4.78, 5) is 35.4. The molecule has 0 aromatic heterocycles. The third kappa shape index (κ3) is 5.81. The average Bonchev–Trinajstić information content (AvgIpc) is 2.54. The zero-order valence-corrected chi connectivity index (χ0v) is 15.4. The van der Waals surface area contributed by atoms with Crippen LogP contribution in [-0.4, -0.2) is 30.6 Å². The average molecular weight is 415 g/mol. The van der Waals surface area contributed by atoms with Gasteiger partial charge in [0.25, 0.3) is 5.91 Å². The van der Waals surface area contributed by atoms with Crippen molar-refractivity contribution in [3.63, 3.8) is 0 Å². The summed E-state index contributed by atoms with van der Waals surface area (Å²) < 4.78 is 18.1. The van der Waals surface area contributed by atoms with Gasteiger partial charge < -0.3 is 10.1 Å². The Morgan fingerprint density at radius 3 is 2.68 bits per heavy atom. The normalized spacial score (nSPS) is 19.8. The van der Waals surface area contributed by atoms with E-state index in [4.69, 9.17) is 4.74 Å². The number of halogens is 2. The standard InChI is InChI=1S/C17H20BrFN2O4/c1-10-4-2-3-5-14(10)20-17(24)21-15(22)9-25-16(23)12-7-6-11(19)8-13(12)18/h6-8,10,14H,2-5,9H2,1H3,(H2,20,21,22,24). The molecule has 2 rings (SSSR count). The Labute approximate surface area is 153 Å². The molecule has 0 saturated heterocycles. The van der Waals surface area contributed by atoms with Crippen molar-refractivity contribution in [2.45, 2.75) is 38.6 Å². The number of esters is 1. The summed E-state index contributed by atoms with van der Waals surface area (Å²) in [5.74, 6) is -1.66. The van der Waals surface area contributed by atoms with E-state index in [1.54, 1.807) is 0 Å². The second-order valence-electron chi connectivity index (χ2n) is 6.09. The lowest BCUT2D eigenvalue weighted by molar-refractivity contribution is -0.123. The number of benzene rings is 1. The van der Waals surface area contributed by atoms with Crippen LogP contribution in [0.4, 0.5) is 9.18 Å². The number of carbonyl (C=O) groups excluding carboxylic acids is 3. The Morgan fingerprint density at radius 2 is 2.00 bits per heavy atom. The maximum absolute atomic E-state index is 13.0. The van der Waals surface area contributed by atoms with Crippen molar-refractivity contribution in [2.75, 3.05) is 6.61 Å². The van der Waals surface area contributed by atoms with Crippen molar-refractivity contribution in [3.8, 4) is 0 Å². The third-order valence-corrected chi connectivity index (χ3v) is 4.82. The van der Waals surface area contributed by atoms with Crippen LogP contribution >= 0.6 is 15.9 Å². The number of rotatable bonds is 4. The molecule has 1 fully saturated rings. The van der Waals surface area contributed by atoms with E-state index in [-0.39, 0.29) is 16.1 Å². The molecule has 0 bridgehead atoms. The quantitative estimate of drug-likeness (QED) is 0.741.